The van der Waals surface area contributed by atoms with Crippen molar-refractivity contribution in [2.24, 2.45) is 11.3 Å². The quantitative estimate of drug-likeness (QED) is 0.629. The van der Waals surface area contributed by atoms with E-state index in [1.54, 1.807) is 0 Å². The number of hydrogen-bond donors (Lipinski definition) is 3. The molecule has 0 aromatic heterocycles. The number of aliphatic hydroxyl groups excluding tert-OH is 1. The van der Waals surface area contributed by atoms with Gasteiger partial charge in [-0.25, -0.2) is 4.79 Å². The summed E-state index contributed by atoms with van der Waals surface area (Å²) in [4.78, 5) is 8.90. The Bertz CT molecular complexity index is 255. The summed E-state index contributed by atoms with van der Waals surface area (Å²) in [6.07, 6.45) is -2.56. The van der Waals surface area contributed by atoms with Gasteiger partial charge in [-0.05, 0) is 24.2 Å². The molecular weight excluding hydrogens is 227 g/mol. The monoisotopic (exact) mass is 241 g/mol. The minimum atomic E-state index is -5.08. The molecule has 3 N–H and O–H groups in total. The lowest BCUT2D eigenvalue weighted by Gasteiger charge is -2.54. The molecule has 7 heteroatoms. The van der Waals surface area contributed by atoms with Gasteiger partial charge in [0.1, 0.15) is 0 Å². The van der Waals surface area contributed by atoms with Gasteiger partial charge in [0.2, 0.25) is 0 Å². The Kier molecular flexibility index (Phi) is 3.80. The van der Waals surface area contributed by atoms with Gasteiger partial charge in [0.05, 0.1) is 0 Å². The third kappa shape index (κ3) is 3.08. The fourth-order valence-corrected chi connectivity index (χ4v) is 2.06. The zero-order chi connectivity index (χ0) is 12.4. The number of carboxylic acids is 1. The Morgan fingerprint density at radius 2 is 1.81 bits per heavy atom. The predicted octanol–water partition coefficient (Wildman–Crippen LogP) is 0.612. The number of alkyl halides is 3. The van der Waals surface area contributed by atoms with Gasteiger partial charge in [0.15, 0.2) is 0 Å². The lowest BCUT2D eigenvalue weighted by Crippen LogP contribution is -2.60. The molecule has 1 aliphatic heterocycles. The first kappa shape index (κ1) is 13.2. The number of aliphatic hydroxyl groups is 1. The maximum absolute atomic E-state index is 10.6. The molecule has 0 atom stereocenters. The van der Waals surface area contributed by atoms with E-state index in [4.69, 9.17) is 15.0 Å². The van der Waals surface area contributed by atoms with Crippen LogP contribution in [0.15, 0.2) is 0 Å². The highest BCUT2D eigenvalue weighted by atomic mass is 19.4. The maximum Gasteiger partial charge on any atom is 0.490 e. The highest BCUT2D eigenvalue weighted by Crippen LogP contribution is 2.47. The van der Waals surface area contributed by atoms with Crippen LogP contribution in [-0.2, 0) is 4.79 Å². The van der Waals surface area contributed by atoms with Crippen molar-refractivity contribution in [3.05, 3.63) is 0 Å². The molecule has 1 aliphatic carbocycles. The third-order valence-corrected chi connectivity index (χ3v) is 2.94. The lowest BCUT2D eigenvalue weighted by molar-refractivity contribution is -0.192. The largest absolute Gasteiger partial charge is 0.490 e. The number of halogens is 3. The smallest absolute Gasteiger partial charge is 0.475 e. The Hall–Kier alpha value is -0.820. The standard InChI is InChI=1S/C7H13NO.C2HF3O2/c9-3-6-1-7(2-6)4-8-5-7;3-2(4,5)1(6)7/h6,8-9H,1-5H2;(H,6,7). The molecule has 2 fully saturated rings. The molecule has 1 spiro atoms. The Morgan fingerprint density at radius 1 is 1.38 bits per heavy atom. The lowest BCUT2D eigenvalue weighted by atomic mass is 9.59. The average molecular weight is 241 g/mol. The van der Waals surface area contributed by atoms with E-state index in [2.05, 4.69) is 5.32 Å². The van der Waals surface area contributed by atoms with Crippen LogP contribution in [0, 0.1) is 11.3 Å². The number of hydrogen-bond acceptors (Lipinski definition) is 3. The van der Waals surface area contributed by atoms with Gasteiger partial charge < -0.3 is 15.5 Å². The van der Waals surface area contributed by atoms with Crippen molar-refractivity contribution < 1.29 is 28.2 Å². The predicted molar refractivity (Wildman–Crippen MR) is 48.8 cm³/mol. The number of carbonyl (C=O) groups is 1. The molecule has 2 aliphatic rings. The number of rotatable bonds is 1. The van der Waals surface area contributed by atoms with Gasteiger partial charge >= 0.3 is 12.1 Å². The van der Waals surface area contributed by atoms with Crippen molar-refractivity contribution in [2.45, 2.75) is 19.0 Å². The number of carboxylic acid groups (broad SMARTS) is 1. The molecule has 0 amide bonds. The molecule has 1 saturated heterocycles. The summed E-state index contributed by atoms with van der Waals surface area (Å²) in [6.45, 7) is 2.80. The molecule has 0 aromatic rings. The first-order valence-electron chi connectivity index (χ1n) is 4.91. The zero-order valence-electron chi connectivity index (χ0n) is 8.55. The van der Waals surface area contributed by atoms with Crippen LogP contribution in [-0.4, -0.2) is 42.1 Å². The SMILES string of the molecule is O=C(O)C(F)(F)F.OCC1CC2(CNC2)C1. The Labute approximate surface area is 90.4 Å². The number of nitrogens with one attached hydrogen (secondary N) is 1. The summed E-state index contributed by atoms with van der Waals surface area (Å²) in [7, 11) is 0. The normalized spacial score (nSPS) is 22.8. The second-order valence-corrected chi connectivity index (χ2v) is 4.36. The van der Waals surface area contributed by atoms with E-state index in [0.717, 1.165) is 0 Å². The number of aliphatic carboxylic acids is 1. The molecule has 4 nitrogen and oxygen atoms in total. The van der Waals surface area contributed by atoms with Crippen LogP contribution in [0.25, 0.3) is 0 Å². The molecule has 2 rings (SSSR count). The van der Waals surface area contributed by atoms with E-state index < -0.39 is 12.1 Å². The fraction of sp³-hybridized carbons (Fsp3) is 0.889. The van der Waals surface area contributed by atoms with Gasteiger partial charge in [-0.2, -0.15) is 13.2 Å². The molecule has 0 aromatic carbocycles. The molecule has 0 radical (unpaired) electrons. The van der Waals surface area contributed by atoms with Crippen LogP contribution in [0.3, 0.4) is 0 Å². The van der Waals surface area contributed by atoms with E-state index in [9.17, 15) is 13.2 Å². The van der Waals surface area contributed by atoms with Gasteiger partial charge in [0, 0.05) is 19.7 Å². The molecule has 1 saturated carbocycles. The first-order valence-corrected chi connectivity index (χ1v) is 4.91. The fourth-order valence-electron chi connectivity index (χ4n) is 2.06. The highest BCUT2D eigenvalue weighted by molar-refractivity contribution is 5.73. The van der Waals surface area contributed by atoms with Crippen LogP contribution in [0.1, 0.15) is 12.8 Å². The summed E-state index contributed by atoms with van der Waals surface area (Å²) in [6, 6.07) is 0. The molecule has 94 valence electrons. The van der Waals surface area contributed by atoms with E-state index >= 15 is 0 Å². The Balaban J connectivity index is 0.000000168. The topological polar surface area (TPSA) is 69.6 Å². The van der Waals surface area contributed by atoms with E-state index in [0.29, 0.717) is 17.9 Å². The van der Waals surface area contributed by atoms with Crippen LogP contribution in [0.5, 0.6) is 0 Å². The molecule has 1 heterocycles. The summed E-state index contributed by atoms with van der Waals surface area (Å²) < 4.78 is 31.7. The Morgan fingerprint density at radius 3 is 2.00 bits per heavy atom. The van der Waals surface area contributed by atoms with Crippen molar-refractivity contribution in [3.8, 4) is 0 Å². The summed E-state index contributed by atoms with van der Waals surface area (Å²) in [5.74, 6) is -2.13. The van der Waals surface area contributed by atoms with Crippen LogP contribution < -0.4 is 5.32 Å². The van der Waals surface area contributed by atoms with Crippen molar-refractivity contribution in [1.82, 2.24) is 5.32 Å². The summed E-state index contributed by atoms with van der Waals surface area (Å²) >= 11 is 0. The average Bonchev–Trinajstić information content (AvgIpc) is 1.98. The van der Waals surface area contributed by atoms with E-state index in [-0.39, 0.29) is 0 Å². The molecule has 0 unspecified atom stereocenters. The summed E-state index contributed by atoms with van der Waals surface area (Å²) in [5.41, 5.74) is 0.646. The summed E-state index contributed by atoms with van der Waals surface area (Å²) in [5, 5.41) is 19.1. The van der Waals surface area contributed by atoms with Gasteiger partial charge in [0.25, 0.3) is 0 Å². The van der Waals surface area contributed by atoms with Crippen molar-refractivity contribution in [2.75, 3.05) is 19.7 Å². The van der Waals surface area contributed by atoms with Crippen LogP contribution in [0.2, 0.25) is 0 Å². The second-order valence-electron chi connectivity index (χ2n) is 4.36. The van der Waals surface area contributed by atoms with Crippen molar-refractivity contribution in [3.63, 3.8) is 0 Å². The maximum atomic E-state index is 10.6. The molecular formula is C9H14F3NO3. The zero-order valence-corrected chi connectivity index (χ0v) is 8.55. The van der Waals surface area contributed by atoms with E-state index in [1.807, 2.05) is 0 Å². The van der Waals surface area contributed by atoms with Crippen molar-refractivity contribution >= 4 is 5.97 Å². The van der Waals surface area contributed by atoms with Crippen molar-refractivity contribution in [1.29, 1.82) is 0 Å². The second kappa shape index (κ2) is 4.58. The first-order chi connectivity index (χ1) is 7.29. The highest BCUT2D eigenvalue weighted by Gasteiger charge is 2.47. The molecule has 16 heavy (non-hydrogen) atoms. The molecule has 0 bridgehead atoms. The van der Waals surface area contributed by atoms with Gasteiger partial charge in [-0.15, -0.1) is 0 Å². The van der Waals surface area contributed by atoms with Gasteiger partial charge in [-0.3, -0.25) is 0 Å². The van der Waals surface area contributed by atoms with Gasteiger partial charge in [-0.1, -0.05) is 0 Å². The van der Waals surface area contributed by atoms with E-state index in [1.165, 1.54) is 25.9 Å². The minimum Gasteiger partial charge on any atom is -0.475 e. The minimum absolute atomic E-state index is 0.405. The van der Waals surface area contributed by atoms with Crippen LogP contribution in [0.4, 0.5) is 13.2 Å². The van der Waals surface area contributed by atoms with Crippen LogP contribution >= 0.6 is 0 Å². The third-order valence-electron chi connectivity index (χ3n) is 2.94.